The molecule has 0 bridgehead atoms. The molecule has 0 aliphatic carbocycles. The number of ether oxygens (including phenoxy) is 2. The van der Waals surface area contributed by atoms with Crippen LogP contribution in [-0.4, -0.2) is 46.9 Å². The molecule has 0 spiro atoms. The third-order valence-electron chi connectivity index (χ3n) is 3.26. The number of carbonyl (C=O) groups excluding carboxylic acids is 1. The Morgan fingerprint density at radius 3 is 2.59 bits per heavy atom. The fourth-order valence-corrected chi connectivity index (χ4v) is 2.01. The molecule has 0 saturated heterocycles. The van der Waals surface area contributed by atoms with E-state index < -0.39 is 28.7 Å². The lowest BCUT2D eigenvalue weighted by molar-refractivity contribution is -0.402. The summed E-state index contributed by atoms with van der Waals surface area (Å²) in [7, 11) is 0. The summed E-state index contributed by atoms with van der Waals surface area (Å²) < 4.78 is 15.7. The second-order valence-electron chi connectivity index (χ2n) is 7.26. The molecule has 1 aromatic heterocycles. The molecule has 29 heavy (non-hydrogen) atoms. The van der Waals surface area contributed by atoms with Crippen molar-refractivity contribution in [2.45, 2.75) is 53.1 Å². The predicted molar refractivity (Wildman–Crippen MR) is 101 cm³/mol. The number of furan rings is 1. The van der Waals surface area contributed by atoms with Crippen LogP contribution in [0.15, 0.2) is 21.7 Å². The SMILES string of the molecule is CC(C)C(=NO)C(NOCCNC(=O)OC(C)(C)C)OCc1ccc([N+](=O)[O-])o1. The predicted octanol–water partition coefficient (Wildman–Crippen LogP) is 2.56. The molecular formula is C17H28N4O8. The van der Waals surface area contributed by atoms with Gasteiger partial charge in [0, 0.05) is 6.54 Å². The zero-order chi connectivity index (χ0) is 22.0. The van der Waals surface area contributed by atoms with E-state index in [0.717, 1.165) is 0 Å². The zero-order valence-corrected chi connectivity index (χ0v) is 17.1. The first-order valence-corrected chi connectivity index (χ1v) is 8.94. The second-order valence-corrected chi connectivity index (χ2v) is 7.26. The number of hydrogen-bond donors (Lipinski definition) is 3. The van der Waals surface area contributed by atoms with E-state index in [1.165, 1.54) is 12.1 Å². The number of rotatable bonds is 11. The Morgan fingerprint density at radius 2 is 2.07 bits per heavy atom. The molecule has 1 heterocycles. The molecule has 1 unspecified atom stereocenters. The summed E-state index contributed by atoms with van der Waals surface area (Å²) in [6, 6.07) is 2.62. The largest absolute Gasteiger partial charge is 0.444 e. The van der Waals surface area contributed by atoms with Crippen molar-refractivity contribution in [2.75, 3.05) is 13.2 Å². The van der Waals surface area contributed by atoms with Crippen molar-refractivity contribution >= 4 is 17.7 Å². The van der Waals surface area contributed by atoms with Crippen molar-refractivity contribution in [1.29, 1.82) is 0 Å². The van der Waals surface area contributed by atoms with Crippen LogP contribution in [0, 0.1) is 16.0 Å². The second kappa shape index (κ2) is 11.3. The number of carbonyl (C=O) groups is 1. The van der Waals surface area contributed by atoms with E-state index in [9.17, 15) is 20.1 Å². The Morgan fingerprint density at radius 1 is 1.38 bits per heavy atom. The van der Waals surface area contributed by atoms with Gasteiger partial charge in [-0.25, -0.2) is 4.79 Å². The number of amides is 1. The van der Waals surface area contributed by atoms with Gasteiger partial charge in [-0.2, -0.15) is 5.48 Å². The van der Waals surface area contributed by atoms with Gasteiger partial charge < -0.3 is 24.4 Å². The highest BCUT2D eigenvalue weighted by Crippen LogP contribution is 2.17. The molecule has 3 N–H and O–H groups in total. The summed E-state index contributed by atoms with van der Waals surface area (Å²) in [5, 5.41) is 25.7. The number of hydroxylamine groups is 1. The fourth-order valence-electron chi connectivity index (χ4n) is 2.01. The van der Waals surface area contributed by atoms with E-state index in [4.69, 9.17) is 18.7 Å². The molecule has 12 heteroatoms. The maximum atomic E-state index is 11.6. The smallest absolute Gasteiger partial charge is 0.433 e. The Labute approximate surface area is 168 Å². The quantitative estimate of drug-likeness (QED) is 0.123. The van der Waals surface area contributed by atoms with Gasteiger partial charge >= 0.3 is 12.0 Å². The Balaban J connectivity index is 2.53. The number of hydrogen-bond acceptors (Lipinski definition) is 10. The first kappa shape index (κ1) is 24.3. The molecule has 12 nitrogen and oxygen atoms in total. The fraction of sp³-hybridized carbons (Fsp3) is 0.647. The monoisotopic (exact) mass is 416 g/mol. The highest BCUT2D eigenvalue weighted by molar-refractivity contribution is 5.89. The van der Waals surface area contributed by atoms with Gasteiger partial charge in [0.2, 0.25) is 0 Å². The van der Waals surface area contributed by atoms with Crippen molar-refractivity contribution in [2.24, 2.45) is 11.1 Å². The van der Waals surface area contributed by atoms with Gasteiger partial charge in [0.05, 0.1) is 12.7 Å². The summed E-state index contributed by atoms with van der Waals surface area (Å²) in [4.78, 5) is 26.8. The van der Waals surface area contributed by atoms with Gasteiger partial charge in [0.1, 0.15) is 28.6 Å². The molecule has 1 atom stereocenters. The number of nitrogens with one attached hydrogen (secondary N) is 2. The van der Waals surface area contributed by atoms with Crippen molar-refractivity contribution < 1.29 is 33.7 Å². The molecule has 0 aliphatic rings. The molecule has 1 rings (SSSR count). The third kappa shape index (κ3) is 9.36. The molecule has 1 aromatic rings. The lowest BCUT2D eigenvalue weighted by Gasteiger charge is -2.22. The Kier molecular flexibility index (Phi) is 9.51. The van der Waals surface area contributed by atoms with E-state index in [-0.39, 0.29) is 37.1 Å². The van der Waals surface area contributed by atoms with Gasteiger partial charge in [-0.15, -0.1) is 0 Å². The normalized spacial score (nSPS) is 13.4. The maximum Gasteiger partial charge on any atom is 0.433 e. The minimum absolute atomic E-state index is 0.0716. The van der Waals surface area contributed by atoms with Crippen molar-refractivity contribution in [1.82, 2.24) is 10.8 Å². The van der Waals surface area contributed by atoms with Crippen LogP contribution in [0.5, 0.6) is 0 Å². The van der Waals surface area contributed by atoms with Crippen LogP contribution in [0.1, 0.15) is 40.4 Å². The van der Waals surface area contributed by atoms with Crippen LogP contribution in [-0.2, 0) is 20.9 Å². The number of nitrogens with zero attached hydrogens (tertiary/aromatic N) is 2. The summed E-state index contributed by atoms with van der Waals surface area (Å²) >= 11 is 0. The average molecular weight is 416 g/mol. The van der Waals surface area contributed by atoms with Crippen LogP contribution in [0.25, 0.3) is 0 Å². The van der Waals surface area contributed by atoms with E-state index in [0.29, 0.717) is 0 Å². The van der Waals surface area contributed by atoms with E-state index in [1.54, 1.807) is 34.6 Å². The molecule has 0 fully saturated rings. The highest BCUT2D eigenvalue weighted by Gasteiger charge is 2.22. The maximum absolute atomic E-state index is 11.6. The average Bonchev–Trinajstić information content (AvgIpc) is 3.06. The van der Waals surface area contributed by atoms with Crippen molar-refractivity contribution in [3.05, 3.63) is 28.0 Å². The summed E-state index contributed by atoms with van der Waals surface area (Å²) in [6.07, 6.45) is -1.53. The van der Waals surface area contributed by atoms with Crippen molar-refractivity contribution in [3.8, 4) is 0 Å². The molecular weight excluding hydrogens is 388 g/mol. The Hall–Kier alpha value is -2.70. The molecule has 0 saturated carbocycles. The molecule has 0 aliphatic heterocycles. The van der Waals surface area contributed by atoms with Crippen LogP contribution in [0.4, 0.5) is 10.7 Å². The van der Waals surface area contributed by atoms with Crippen molar-refractivity contribution in [3.63, 3.8) is 0 Å². The first-order chi connectivity index (χ1) is 13.5. The lowest BCUT2D eigenvalue weighted by Crippen LogP contribution is -2.43. The summed E-state index contributed by atoms with van der Waals surface area (Å²) in [6.45, 7) is 8.93. The third-order valence-corrected chi connectivity index (χ3v) is 3.26. The van der Waals surface area contributed by atoms with Crippen LogP contribution >= 0.6 is 0 Å². The minimum Gasteiger partial charge on any atom is -0.444 e. The zero-order valence-electron chi connectivity index (χ0n) is 17.1. The van der Waals surface area contributed by atoms with Crippen LogP contribution < -0.4 is 10.8 Å². The van der Waals surface area contributed by atoms with E-state index >= 15 is 0 Å². The van der Waals surface area contributed by atoms with Gasteiger partial charge in [-0.05, 0) is 32.8 Å². The van der Waals surface area contributed by atoms with E-state index in [1.807, 2.05) is 0 Å². The van der Waals surface area contributed by atoms with Gasteiger partial charge in [0.25, 0.3) is 0 Å². The van der Waals surface area contributed by atoms with Gasteiger partial charge in [0.15, 0.2) is 6.23 Å². The number of nitro groups is 1. The van der Waals surface area contributed by atoms with Crippen LogP contribution in [0.2, 0.25) is 0 Å². The van der Waals surface area contributed by atoms with E-state index in [2.05, 4.69) is 16.0 Å². The topological polar surface area (TPSA) is 158 Å². The first-order valence-electron chi connectivity index (χ1n) is 8.94. The van der Waals surface area contributed by atoms with Crippen LogP contribution in [0.3, 0.4) is 0 Å². The summed E-state index contributed by atoms with van der Waals surface area (Å²) in [5.74, 6) is -0.374. The van der Waals surface area contributed by atoms with Gasteiger partial charge in [-0.3, -0.25) is 15.0 Å². The molecule has 1 amide bonds. The standard InChI is InChI=1S/C17H28N4O8/c1-11(2)14(19-23)15(26-10-12-6-7-13(28-12)21(24)25)20-27-9-8-18-16(22)29-17(3,4)5/h6-7,11,15,20,23H,8-10H2,1-5H3,(H,18,22). The Bertz CT molecular complexity index is 696. The number of oxime groups is 1. The molecule has 164 valence electrons. The molecule has 0 aromatic carbocycles. The highest BCUT2D eigenvalue weighted by atomic mass is 16.7. The lowest BCUT2D eigenvalue weighted by atomic mass is 10.1. The molecule has 0 radical (unpaired) electrons. The number of alkyl carbamates (subject to hydrolysis) is 1. The minimum atomic E-state index is -0.953. The van der Waals surface area contributed by atoms with Gasteiger partial charge in [-0.1, -0.05) is 19.0 Å². The summed E-state index contributed by atoms with van der Waals surface area (Å²) in [5.41, 5.74) is 2.23.